The molecule has 64 heavy (non-hydrogen) atoms. The van der Waals surface area contributed by atoms with Crippen LogP contribution in [0, 0.1) is 27.7 Å². The van der Waals surface area contributed by atoms with Crippen molar-refractivity contribution in [2.24, 2.45) is 9.98 Å². The number of aromatic amines is 3. The van der Waals surface area contributed by atoms with Gasteiger partial charge >= 0.3 is 64.9 Å². The Morgan fingerprint density at radius 1 is 0.688 bits per heavy atom. The number of pyridine rings is 3. The van der Waals surface area contributed by atoms with Crippen LogP contribution in [0.1, 0.15) is 104 Å². The van der Waals surface area contributed by atoms with E-state index in [9.17, 15) is 15.0 Å². The number of nitrogens with one attached hydrogen (secondary N) is 3. The van der Waals surface area contributed by atoms with Crippen molar-refractivity contribution in [3.63, 3.8) is 0 Å². The predicted molar refractivity (Wildman–Crippen MR) is 263 cm³/mol. The Bertz CT molecular complexity index is 2400. The number of ether oxygens (including phenoxy) is 4. The van der Waals surface area contributed by atoms with Crippen LogP contribution in [0.25, 0.3) is 0 Å². The van der Waals surface area contributed by atoms with Crippen molar-refractivity contribution in [2.45, 2.75) is 102 Å². The zero-order chi connectivity index (χ0) is 45.5. The Morgan fingerprint density at radius 2 is 1.11 bits per heavy atom. The summed E-state index contributed by atoms with van der Waals surface area (Å²) in [6.45, 7) is 15.3. The molecule has 0 amide bonds. The summed E-state index contributed by atoms with van der Waals surface area (Å²) in [5, 5.41) is 37.8. The quantitative estimate of drug-likeness (QED) is 0.0596. The van der Waals surface area contributed by atoms with E-state index in [0.717, 1.165) is 45.9 Å². The molecule has 0 bridgehead atoms. The van der Waals surface area contributed by atoms with E-state index in [2.05, 4.69) is 130 Å². The third kappa shape index (κ3) is 17.4. The number of aliphatic hydroxyl groups is 1. The van der Waals surface area contributed by atoms with Gasteiger partial charge in [-0.2, -0.15) is 25.3 Å². The third-order valence-electron chi connectivity index (χ3n) is 8.17. The van der Waals surface area contributed by atoms with Crippen molar-refractivity contribution < 1.29 is 38.9 Å². The van der Waals surface area contributed by atoms with E-state index in [1.165, 1.54) is 31.4 Å². The number of carbonyl (C=O) groups excluding carboxylic acids is 1. The van der Waals surface area contributed by atoms with Crippen LogP contribution in [0.3, 0.4) is 0 Å². The molecule has 6 aromatic rings. The number of aliphatic hydroxyl groups excluding tert-OH is 1. The summed E-state index contributed by atoms with van der Waals surface area (Å²) in [5.41, 5.74) is 6.12. The van der Waals surface area contributed by atoms with Gasteiger partial charge in [-0.05, 0) is 27.7 Å². The van der Waals surface area contributed by atoms with E-state index in [4.69, 9.17) is 18.9 Å². The number of aromatic hydroxyl groups is 1. The molecule has 0 aromatic carbocycles. The average Bonchev–Trinajstić information content (AvgIpc) is 4.05. The first-order chi connectivity index (χ1) is 29.4. The monoisotopic (exact) mass is 1260 g/mol. The number of aromatic nitrogens is 12. The zero-order valence-corrected chi connectivity index (χ0v) is 42.6. The molecule has 0 radical (unpaired) electrons. The van der Waals surface area contributed by atoms with Gasteiger partial charge in [0.15, 0.2) is 17.8 Å². The first-order valence-corrected chi connectivity index (χ1v) is 31.7. The van der Waals surface area contributed by atoms with Gasteiger partial charge in [0.25, 0.3) is 0 Å². The minimum absolute atomic E-state index is 0. The molecule has 0 spiro atoms. The summed E-state index contributed by atoms with van der Waals surface area (Å²) in [6.07, 6.45) is 13.0. The van der Waals surface area contributed by atoms with E-state index in [0.29, 0.717) is 53.2 Å². The van der Waals surface area contributed by atoms with Gasteiger partial charge in [0, 0.05) is 92.1 Å². The maximum atomic E-state index is 10.8. The standard InChI is InChI=1S/C13H15N5O2.C11H13NO3.C10H11N5O2.C3H5N3.2CH4.3HI.V/c1-8-11-10(6-19-13(2,3)20-11)9(4-14-8)5-15-12-16-7-17-18-12;1-7-10-9(8(5-13)4-12-7)6-14-11(2,3)15-10;1-6-9(17)8(4-16)7(2-11-6)3-12-10-13-5-14-15-10;1-3-4-2-5-6-3;;;;;;/h4-5,7H,6H2,1-3H3,(H,16,17,18);4-5H,6H2,1-3H3;2-3,5,16-17H,4H2,1H3,(H,13,14,15);2H,1H3,(H,4,5,6);2*1H4;3*1H;/q;;;;;;;;;+3/p-3. The Morgan fingerprint density at radius 3 is 1.52 bits per heavy atom. The first-order valence-electron chi connectivity index (χ1n) is 18.2. The minimum atomic E-state index is -0.652. The molecule has 25 heteroatoms. The number of aliphatic imine (C=N–C) groups is 2. The SMILES string of the molecule is C.C.Cc1ncc(C=Nc2ncn[nH]2)c(CO)c1O.Cc1ncc(C=Nc2ncn[nH]2)c2c1OC(C)(C)OC2.Cc1ncc(C=O)c2c1OC(C)(C)OC2.Cc1ncn[nH]1.[I][V]([I])[I]. The number of carbonyl (C=O) groups is 1. The van der Waals surface area contributed by atoms with Gasteiger partial charge in [-0.15, -0.1) is 0 Å². The van der Waals surface area contributed by atoms with E-state index in [-0.39, 0.29) is 32.1 Å². The van der Waals surface area contributed by atoms with Crippen LogP contribution < -0.4 is 9.47 Å². The fraction of sp³-hybridized carbons (Fsp3) is 0.385. The molecule has 21 nitrogen and oxygen atoms in total. The molecular weight excluding hydrogens is 1210 g/mol. The topological polar surface area (TPSA) is 283 Å². The van der Waals surface area contributed by atoms with Gasteiger partial charge in [-0.25, -0.2) is 25.2 Å². The summed E-state index contributed by atoms with van der Waals surface area (Å²) < 4.78 is 22.7. The summed E-state index contributed by atoms with van der Waals surface area (Å²) in [6, 6.07) is 0. The van der Waals surface area contributed by atoms with E-state index >= 15 is 0 Å². The molecule has 0 unspecified atom stereocenters. The van der Waals surface area contributed by atoms with Crippen LogP contribution in [-0.4, -0.2) is 101 Å². The molecule has 8 rings (SSSR count). The van der Waals surface area contributed by atoms with Crippen LogP contribution in [0.5, 0.6) is 17.2 Å². The van der Waals surface area contributed by atoms with Gasteiger partial charge in [0.2, 0.25) is 23.5 Å². The van der Waals surface area contributed by atoms with Crippen molar-refractivity contribution in [1.29, 1.82) is 0 Å². The van der Waals surface area contributed by atoms with Gasteiger partial charge in [-0.3, -0.25) is 24.8 Å². The fourth-order valence-corrected chi connectivity index (χ4v) is 5.12. The first kappa shape index (κ1) is 56.1. The van der Waals surface area contributed by atoms with Crippen LogP contribution in [0.15, 0.2) is 47.6 Å². The van der Waals surface area contributed by atoms with E-state index < -0.39 is 11.6 Å². The Hall–Kier alpha value is -4.07. The van der Waals surface area contributed by atoms with Gasteiger partial charge in [0.1, 0.15) is 30.6 Å². The molecule has 0 fully saturated rings. The Kier molecular flexibility index (Phi) is 23.5. The van der Waals surface area contributed by atoms with E-state index in [1.807, 2.05) is 48.5 Å². The number of halogens is 3. The molecule has 0 atom stereocenters. The second-order valence-corrected chi connectivity index (χ2v) is 49.0. The molecule has 2 aliphatic heterocycles. The van der Waals surface area contributed by atoms with Gasteiger partial charge in [-0.1, -0.05) is 14.9 Å². The van der Waals surface area contributed by atoms with Gasteiger partial charge < -0.3 is 29.2 Å². The van der Waals surface area contributed by atoms with E-state index in [1.54, 1.807) is 25.5 Å². The summed E-state index contributed by atoms with van der Waals surface area (Å²) in [4.78, 5) is 42.7. The molecule has 0 saturated heterocycles. The zero-order valence-electron chi connectivity index (χ0n) is 34.8. The van der Waals surface area contributed by atoms with Crippen molar-refractivity contribution in [3.8, 4) is 17.2 Å². The maximum absolute atomic E-state index is 10.8. The number of aldehydes is 1. The van der Waals surface area contributed by atoms with Crippen molar-refractivity contribution in [1.82, 2.24) is 60.5 Å². The fourth-order valence-electron chi connectivity index (χ4n) is 5.12. The molecular formula is C39H52I3N14O7V. The summed E-state index contributed by atoms with van der Waals surface area (Å²) in [7, 11) is 0. The summed E-state index contributed by atoms with van der Waals surface area (Å²) in [5.74, 6) is 1.77. The van der Waals surface area contributed by atoms with Gasteiger partial charge in [0.05, 0.1) is 36.9 Å². The molecule has 6 aromatic heterocycles. The molecule has 0 aliphatic carbocycles. The Labute approximate surface area is 409 Å². The molecule has 0 saturated carbocycles. The number of aryl methyl sites for hydroxylation is 4. The number of nitrogens with zero attached hydrogens (tertiary/aromatic N) is 11. The molecule has 8 heterocycles. The molecule has 2 aliphatic rings. The second-order valence-electron chi connectivity index (χ2n) is 13.6. The number of fused-ring (bicyclic) bond motifs is 2. The predicted octanol–water partition coefficient (Wildman–Crippen LogP) is 8.25. The van der Waals surface area contributed by atoms with Crippen molar-refractivity contribution in [3.05, 3.63) is 93.9 Å². The number of hydrogen-bond acceptors (Lipinski definition) is 18. The summed E-state index contributed by atoms with van der Waals surface area (Å²) >= 11 is 7.39. The van der Waals surface area contributed by atoms with Crippen LogP contribution in [-0.2, 0) is 34.2 Å². The van der Waals surface area contributed by atoms with Crippen LogP contribution >= 0.6 is 59.9 Å². The molecule has 346 valence electrons. The number of rotatable bonds is 6. The van der Waals surface area contributed by atoms with Crippen molar-refractivity contribution in [2.75, 3.05) is 0 Å². The van der Waals surface area contributed by atoms with Crippen molar-refractivity contribution >= 4 is 90.5 Å². The molecule has 5 N–H and O–H groups in total. The second kappa shape index (κ2) is 26.8. The third-order valence-corrected chi connectivity index (χ3v) is 8.17. The Balaban J connectivity index is 0.000000295. The normalized spacial score (nSPS) is 13.8. The number of H-pyrrole nitrogens is 3. The van der Waals surface area contributed by atoms with Crippen LogP contribution in [0.4, 0.5) is 11.9 Å². The average molecular weight is 1260 g/mol. The van der Waals surface area contributed by atoms with Crippen LogP contribution in [0.2, 0.25) is 0 Å². The number of hydrogen-bond donors (Lipinski definition) is 5.